The van der Waals surface area contributed by atoms with E-state index in [0.717, 1.165) is 30.1 Å². The monoisotopic (exact) mass is 387 g/mol. The zero-order valence-electron chi connectivity index (χ0n) is 16.6. The average molecular weight is 387 g/mol. The molecular formula is C24H25N3O2. The van der Waals surface area contributed by atoms with Gasteiger partial charge in [-0.3, -0.25) is 9.78 Å². The molecule has 0 radical (unpaired) electrons. The molecule has 0 saturated carbocycles. The van der Waals surface area contributed by atoms with Crippen LogP contribution in [-0.2, 0) is 4.79 Å². The van der Waals surface area contributed by atoms with Gasteiger partial charge in [-0.05, 0) is 42.0 Å². The number of benzene rings is 2. The minimum Gasteiger partial charge on any atom is -0.497 e. The lowest BCUT2D eigenvalue weighted by molar-refractivity contribution is -0.132. The number of hydrogen-bond donors (Lipinski definition) is 0. The Morgan fingerprint density at radius 1 is 0.897 bits per heavy atom. The Bertz CT molecular complexity index is 921. The van der Waals surface area contributed by atoms with Crippen molar-refractivity contribution >= 4 is 11.6 Å². The molecule has 5 heteroatoms. The lowest BCUT2D eigenvalue weighted by atomic mass is 9.93. The molecule has 1 amide bonds. The molecule has 1 atom stereocenters. The number of carbonyl (C=O) groups excluding carboxylic acids is 1. The molecule has 4 rings (SSSR count). The van der Waals surface area contributed by atoms with Gasteiger partial charge in [0.05, 0.1) is 12.8 Å². The van der Waals surface area contributed by atoms with Gasteiger partial charge in [-0.15, -0.1) is 0 Å². The summed E-state index contributed by atoms with van der Waals surface area (Å²) in [6.07, 6.45) is 1.74. The Kier molecular flexibility index (Phi) is 5.75. The molecule has 1 saturated heterocycles. The summed E-state index contributed by atoms with van der Waals surface area (Å²) < 4.78 is 5.27. The Balaban J connectivity index is 1.54. The van der Waals surface area contributed by atoms with Crippen molar-refractivity contribution < 1.29 is 9.53 Å². The summed E-state index contributed by atoms with van der Waals surface area (Å²) in [5.74, 6) is 0.462. The summed E-state index contributed by atoms with van der Waals surface area (Å²) in [5, 5.41) is 0. The van der Waals surface area contributed by atoms with Gasteiger partial charge >= 0.3 is 0 Å². The van der Waals surface area contributed by atoms with Gasteiger partial charge in [0.2, 0.25) is 5.91 Å². The number of piperazine rings is 1. The predicted octanol–water partition coefficient (Wildman–Crippen LogP) is 3.57. The second kappa shape index (κ2) is 8.78. The quantitative estimate of drug-likeness (QED) is 0.671. The summed E-state index contributed by atoms with van der Waals surface area (Å²) in [7, 11) is 1.64. The van der Waals surface area contributed by atoms with Crippen LogP contribution in [0.5, 0.6) is 5.75 Å². The Labute approximate surface area is 171 Å². The molecule has 1 unspecified atom stereocenters. The first-order chi connectivity index (χ1) is 14.3. The lowest BCUT2D eigenvalue weighted by Gasteiger charge is -2.37. The van der Waals surface area contributed by atoms with Crippen LogP contribution in [0, 0.1) is 0 Å². The fourth-order valence-corrected chi connectivity index (χ4v) is 3.79. The Morgan fingerprint density at radius 2 is 1.59 bits per heavy atom. The summed E-state index contributed by atoms with van der Waals surface area (Å²) in [6.45, 7) is 3.06. The van der Waals surface area contributed by atoms with Crippen molar-refractivity contribution in [3.8, 4) is 5.75 Å². The third-order valence-corrected chi connectivity index (χ3v) is 5.39. The molecule has 29 heavy (non-hydrogen) atoms. The van der Waals surface area contributed by atoms with Crippen LogP contribution < -0.4 is 9.64 Å². The highest BCUT2D eigenvalue weighted by molar-refractivity contribution is 5.87. The van der Waals surface area contributed by atoms with Crippen molar-refractivity contribution in [1.82, 2.24) is 9.88 Å². The molecule has 1 fully saturated rings. The molecule has 1 aliphatic heterocycles. The van der Waals surface area contributed by atoms with Gasteiger partial charge in [-0.1, -0.05) is 36.4 Å². The van der Waals surface area contributed by atoms with E-state index >= 15 is 0 Å². The van der Waals surface area contributed by atoms with Crippen LogP contribution >= 0.6 is 0 Å². The van der Waals surface area contributed by atoms with E-state index in [4.69, 9.17) is 4.74 Å². The van der Waals surface area contributed by atoms with E-state index in [9.17, 15) is 4.79 Å². The van der Waals surface area contributed by atoms with Gasteiger partial charge in [-0.2, -0.15) is 0 Å². The maximum Gasteiger partial charge on any atom is 0.236 e. The number of ether oxygens (including phenoxy) is 1. The molecular weight excluding hydrogens is 362 g/mol. The second-order valence-corrected chi connectivity index (χ2v) is 7.11. The third-order valence-electron chi connectivity index (χ3n) is 5.39. The molecule has 2 heterocycles. The van der Waals surface area contributed by atoms with Crippen LogP contribution in [0.3, 0.4) is 0 Å². The molecule has 0 spiro atoms. The van der Waals surface area contributed by atoms with Crippen molar-refractivity contribution in [3.63, 3.8) is 0 Å². The topological polar surface area (TPSA) is 45.7 Å². The number of pyridine rings is 1. The third kappa shape index (κ3) is 4.24. The van der Waals surface area contributed by atoms with Gasteiger partial charge in [0, 0.05) is 38.1 Å². The van der Waals surface area contributed by atoms with E-state index < -0.39 is 5.92 Å². The highest BCUT2D eigenvalue weighted by Gasteiger charge is 2.30. The van der Waals surface area contributed by atoms with Gasteiger partial charge in [0.25, 0.3) is 0 Å². The number of para-hydroxylation sites is 1. The Morgan fingerprint density at radius 3 is 2.21 bits per heavy atom. The first kappa shape index (κ1) is 19.0. The highest BCUT2D eigenvalue weighted by Crippen LogP contribution is 2.28. The number of carbonyl (C=O) groups is 1. The average Bonchev–Trinajstić information content (AvgIpc) is 2.81. The number of methoxy groups -OCH3 is 1. The number of nitrogens with zero attached hydrogens (tertiary/aromatic N) is 3. The minimum atomic E-state index is -0.412. The second-order valence-electron chi connectivity index (χ2n) is 7.11. The predicted molar refractivity (Wildman–Crippen MR) is 114 cm³/mol. The molecule has 0 aliphatic carbocycles. The number of aromatic nitrogens is 1. The first-order valence-corrected chi connectivity index (χ1v) is 9.90. The van der Waals surface area contributed by atoms with Crippen LogP contribution in [0.25, 0.3) is 0 Å². The van der Waals surface area contributed by atoms with Gasteiger partial charge in [0.1, 0.15) is 11.7 Å². The molecule has 2 aromatic carbocycles. The van der Waals surface area contributed by atoms with Gasteiger partial charge in [-0.25, -0.2) is 0 Å². The molecule has 3 aromatic rings. The van der Waals surface area contributed by atoms with Crippen molar-refractivity contribution in [2.75, 3.05) is 38.2 Å². The fraction of sp³-hybridized carbons (Fsp3) is 0.250. The van der Waals surface area contributed by atoms with Crippen LogP contribution in [0.1, 0.15) is 17.2 Å². The van der Waals surface area contributed by atoms with Crippen LogP contribution in [0.4, 0.5) is 5.69 Å². The SMILES string of the molecule is COc1ccc(C(C(=O)N2CCN(c3ccccc3)CC2)c2ccccn2)cc1. The van der Waals surface area contributed by atoms with E-state index in [1.165, 1.54) is 5.69 Å². The van der Waals surface area contributed by atoms with Crippen LogP contribution in [-0.4, -0.2) is 49.1 Å². The molecule has 0 N–H and O–H groups in total. The summed E-state index contributed by atoms with van der Waals surface area (Å²) in [4.78, 5) is 22.3. The molecule has 0 bridgehead atoms. The van der Waals surface area contributed by atoms with E-state index in [2.05, 4.69) is 22.0 Å². The Hall–Kier alpha value is -3.34. The molecule has 5 nitrogen and oxygen atoms in total. The highest BCUT2D eigenvalue weighted by atomic mass is 16.5. The largest absolute Gasteiger partial charge is 0.497 e. The van der Waals surface area contributed by atoms with Crippen molar-refractivity contribution in [1.29, 1.82) is 0 Å². The molecule has 1 aromatic heterocycles. The van der Waals surface area contributed by atoms with E-state index in [-0.39, 0.29) is 5.91 Å². The van der Waals surface area contributed by atoms with E-state index in [1.807, 2.05) is 65.6 Å². The normalized spacial score (nSPS) is 15.1. The van der Waals surface area contributed by atoms with Crippen molar-refractivity contribution in [2.24, 2.45) is 0 Å². The standard InChI is InChI=1S/C24H25N3O2/c1-29-21-12-10-19(11-13-21)23(22-9-5-6-14-25-22)24(28)27-17-15-26(16-18-27)20-7-3-2-4-8-20/h2-14,23H,15-18H2,1H3. The van der Waals surface area contributed by atoms with Gasteiger partial charge < -0.3 is 14.5 Å². The number of anilines is 1. The van der Waals surface area contributed by atoms with Crippen LogP contribution in [0.2, 0.25) is 0 Å². The summed E-state index contributed by atoms with van der Waals surface area (Å²) >= 11 is 0. The van der Waals surface area contributed by atoms with Crippen molar-refractivity contribution in [2.45, 2.75) is 5.92 Å². The number of hydrogen-bond acceptors (Lipinski definition) is 4. The van der Waals surface area contributed by atoms with Crippen LogP contribution in [0.15, 0.2) is 79.0 Å². The van der Waals surface area contributed by atoms with Crippen molar-refractivity contribution in [3.05, 3.63) is 90.3 Å². The van der Waals surface area contributed by atoms with E-state index in [0.29, 0.717) is 13.1 Å². The first-order valence-electron chi connectivity index (χ1n) is 9.90. The smallest absolute Gasteiger partial charge is 0.236 e. The molecule has 1 aliphatic rings. The molecule has 148 valence electrons. The lowest BCUT2D eigenvalue weighted by Crippen LogP contribution is -2.50. The number of amides is 1. The van der Waals surface area contributed by atoms with E-state index in [1.54, 1.807) is 13.3 Å². The maximum atomic E-state index is 13.5. The summed E-state index contributed by atoms with van der Waals surface area (Å²) in [6, 6.07) is 23.8. The zero-order valence-corrected chi connectivity index (χ0v) is 16.6. The number of rotatable bonds is 5. The summed E-state index contributed by atoms with van der Waals surface area (Å²) in [5.41, 5.74) is 2.91. The van der Waals surface area contributed by atoms with Gasteiger partial charge in [0.15, 0.2) is 0 Å². The zero-order chi connectivity index (χ0) is 20.1. The maximum absolute atomic E-state index is 13.5. The minimum absolute atomic E-state index is 0.0987. The fourth-order valence-electron chi connectivity index (χ4n) is 3.79.